The maximum atomic E-state index is 12.3. The molecule has 0 aliphatic heterocycles. The molecule has 0 spiro atoms. The number of sulfonamides is 1. The predicted octanol–water partition coefficient (Wildman–Crippen LogP) is 3.70. The number of fused-ring (bicyclic) bond motifs is 1. The zero-order chi connectivity index (χ0) is 24.1. The number of methoxy groups -OCH3 is 2. The average Bonchev–Trinajstić information content (AvgIpc) is 2.79. The van der Waals surface area contributed by atoms with E-state index in [0.29, 0.717) is 39.7 Å². The molecule has 0 aliphatic carbocycles. The molecule has 0 bridgehead atoms. The van der Waals surface area contributed by atoms with Gasteiger partial charge in [-0.3, -0.25) is 0 Å². The maximum absolute atomic E-state index is 12.3. The van der Waals surface area contributed by atoms with Gasteiger partial charge in [-0.05, 0) is 38.2 Å². The van der Waals surface area contributed by atoms with Gasteiger partial charge in [0.15, 0.2) is 11.5 Å². The lowest BCUT2D eigenvalue weighted by Gasteiger charge is -2.20. The van der Waals surface area contributed by atoms with Crippen molar-refractivity contribution in [3.63, 3.8) is 0 Å². The van der Waals surface area contributed by atoms with Gasteiger partial charge >= 0.3 is 0 Å². The van der Waals surface area contributed by atoms with Crippen molar-refractivity contribution in [2.24, 2.45) is 0 Å². The summed E-state index contributed by atoms with van der Waals surface area (Å²) in [6, 6.07) is 8.45. The third-order valence-electron chi connectivity index (χ3n) is 4.59. The molecule has 3 rings (SSSR count). The Hall–Kier alpha value is -3.11. The second-order valence-corrected chi connectivity index (χ2v) is 8.64. The summed E-state index contributed by atoms with van der Waals surface area (Å²) in [5, 5.41) is 3.99. The number of nitrogens with one attached hydrogen (secondary N) is 2. The number of hydrogen-bond donors (Lipinski definition) is 2. The molecular weight excluding hydrogens is 430 g/mol. The Morgan fingerprint density at radius 1 is 0.969 bits per heavy atom. The van der Waals surface area contributed by atoms with Crippen molar-refractivity contribution in [1.29, 1.82) is 0 Å². The molecule has 0 unspecified atom stereocenters. The van der Waals surface area contributed by atoms with E-state index in [9.17, 15) is 8.42 Å². The molecule has 2 aromatic carbocycles. The van der Waals surface area contributed by atoms with Crippen molar-refractivity contribution in [2.75, 3.05) is 45.6 Å². The van der Waals surface area contributed by atoms with E-state index < -0.39 is 10.0 Å². The first-order valence-electron chi connectivity index (χ1n) is 10.1. The van der Waals surface area contributed by atoms with E-state index in [1.54, 1.807) is 51.5 Å². The topological polar surface area (TPSA) is 106 Å². The van der Waals surface area contributed by atoms with Crippen molar-refractivity contribution < 1.29 is 17.9 Å². The van der Waals surface area contributed by atoms with Gasteiger partial charge in [-0.1, -0.05) is 13.8 Å². The minimum Gasteiger partial charge on any atom is -0.493 e. The number of aryl methyl sites for hydroxylation is 1. The molecule has 0 radical (unpaired) electrons. The zero-order valence-corrected chi connectivity index (χ0v) is 20.6. The quantitative estimate of drug-likeness (QED) is 0.549. The van der Waals surface area contributed by atoms with E-state index in [0.717, 1.165) is 5.69 Å². The Morgan fingerprint density at radius 2 is 1.59 bits per heavy atom. The second-order valence-electron chi connectivity index (χ2n) is 6.75. The van der Waals surface area contributed by atoms with Gasteiger partial charge in [0.05, 0.1) is 36.0 Å². The van der Waals surface area contributed by atoms with Gasteiger partial charge in [0.2, 0.25) is 10.0 Å². The van der Waals surface area contributed by atoms with Gasteiger partial charge in [-0.2, -0.15) is 0 Å². The smallest absolute Gasteiger partial charge is 0.240 e. The first-order valence-corrected chi connectivity index (χ1v) is 11.6. The van der Waals surface area contributed by atoms with E-state index in [1.807, 2.05) is 32.8 Å². The van der Waals surface area contributed by atoms with Crippen LogP contribution in [0.15, 0.2) is 35.2 Å². The first kappa shape index (κ1) is 25.2. The fraction of sp³-hybridized carbons (Fsp3) is 0.364. The summed E-state index contributed by atoms with van der Waals surface area (Å²) < 4.78 is 37.7. The summed E-state index contributed by atoms with van der Waals surface area (Å²) in [6.07, 6.45) is 0. The SMILES string of the molecule is CC.CNS(=O)(=O)c1ccc(N(C)C)c(Nc2nc(C)nc3cc(OC)c(OC)cc23)c1. The highest BCUT2D eigenvalue weighted by Gasteiger charge is 2.17. The van der Waals surface area contributed by atoms with Crippen LogP contribution < -0.4 is 24.4 Å². The third-order valence-corrected chi connectivity index (χ3v) is 6.01. The number of hydrogen-bond acceptors (Lipinski definition) is 8. The number of aromatic nitrogens is 2. The Balaban J connectivity index is 0.00000176. The van der Waals surface area contributed by atoms with Crippen LogP contribution in [0.1, 0.15) is 19.7 Å². The van der Waals surface area contributed by atoms with Crippen LogP contribution in [0.2, 0.25) is 0 Å². The number of ether oxygens (including phenoxy) is 2. The zero-order valence-electron chi connectivity index (χ0n) is 19.8. The molecular formula is C22H31N5O4S. The summed E-state index contributed by atoms with van der Waals surface area (Å²) in [7, 11) is 4.65. The van der Waals surface area contributed by atoms with Crippen LogP contribution in [0.4, 0.5) is 17.2 Å². The van der Waals surface area contributed by atoms with Crippen LogP contribution in [0, 0.1) is 6.92 Å². The monoisotopic (exact) mass is 461 g/mol. The summed E-state index contributed by atoms with van der Waals surface area (Å²) in [4.78, 5) is 11.1. The standard InChI is InChI=1S/C20H25N5O4S.C2H6/c1-12-22-15-11-19(29-6)18(28-5)10-14(15)20(23-12)24-16-9-13(30(26,27)21-2)7-8-17(16)25(3)4;1-2/h7-11,21H,1-6H3,(H,22,23,24);1-2H3. The Labute approximate surface area is 189 Å². The fourth-order valence-corrected chi connectivity index (χ4v) is 3.84. The molecule has 10 heteroatoms. The highest BCUT2D eigenvalue weighted by atomic mass is 32.2. The Bertz CT molecular complexity index is 1200. The summed E-state index contributed by atoms with van der Waals surface area (Å²) in [5.41, 5.74) is 2.06. The van der Waals surface area contributed by atoms with Gasteiger partial charge in [0.25, 0.3) is 0 Å². The Kier molecular flexibility index (Phi) is 8.23. The van der Waals surface area contributed by atoms with E-state index in [4.69, 9.17) is 9.47 Å². The van der Waals surface area contributed by atoms with Crippen molar-refractivity contribution in [3.05, 3.63) is 36.2 Å². The van der Waals surface area contributed by atoms with Crippen LogP contribution in [0.25, 0.3) is 10.9 Å². The van der Waals surface area contributed by atoms with Gasteiger partial charge in [0, 0.05) is 25.5 Å². The minimum absolute atomic E-state index is 0.146. The number of benzene rings is 2. The molecule has 2 N–H and O–H groups in total. The van der Waals surface area contributed by atoms with Gasteiger partial charge in [0.1, 0.15) is 11.6 Å². The molecule has 3 aromatic rings. The maximum Gasteiger partial charge on any atom is 0.240 e. The number of rotatable bonds is 7. The molecule has 0 atom stereocenters. The van der Waals surface area contributed by atoms with Crippen LogP contribution in [-0.2, 0) is 10.0 Å². The number of anilines is 3. The molecule has 9 nitrogen and oxygen atoms in total. The van der Waals surface area contributed by atoms with Crippen molar-refractivity contribution in [1.82, 2.24) is 14.7 Å². The van der Waals surface area contributed by atoms with Crippen LogP contribution in [-0.4, -0.2) is 53.7 Å². The lowest BCUT2D eigenvalue weighted by atomic mass is 10.2. The lowest BCUT2D eigenvalue weighted by molar-refractivity contribution is 0.356. The van der Waals surface area contributed by atoms with Crippen molar-refractivity contribution in [3.8, 4) is 11.5 Å². The van der Waals surface area contributed by atoms with E-state index >= 15 is 0 Å². The molecule has 174 valence electrons. The van der Waals surface area contributed by atoms with Crippen LogP contribution >= 0.6 is 0 Å². The molecule has 32 heavy (non-hydrogen) atoms. The molecule has 1 aromatic heterocycles. The summed E-state index contributed by atoms with van der Waals surface area (Å²) in [6.45, 7) is 5.79. The van der Waals surface area contributed by atoms with Crippen molar-refractivity contribution in [2.45, 2.75) is 25.7 Å². The van der Waals surface area contributed by atoms with E-state index in [-0.39, 0.29) is 4.90 Å². The molecule has 0 saturated heterocycles. The van der Waals surface area contributed by atoms with Gasteiger partial charge in [-0.15, -0.1) is 0 Å². The van der Waals surface area contributed by atoms with E-state index in [1.165, 1.54) is 7.05 Å². The molecule has 0 fully saturated rings. The predicted molar refractivity (Wildman–Crippen MR) is 129 cm³/mol. The first-order chi connectivity index (χ1) is 15.2. The third kappa shape index (κ3) is 5.20. The van der Waals surface area contributed by atoms with E-state index in [2.05, 4.69) is 20.0 Å². The highest BCUT2D eigenvalue weighted by molar-refractivity contribution is 7.89. The van der Waals surface area contributed by atoms with Crippen LogP contribution in [0.5, 0.6) is 11.5 Å². The average molecular weight is 462 g/mol. The Morgan fingerprint density at radius 3 is 2.16 bits per heavy atom. The summed E-state index contributed by atoms with van der Waals surface area (Å²) >= 11 is 0. The molecule has 1 heterocycles. The largest absolute Gasteiger partial charge is 0.493 e. The highest BCUT2D eigenvalue weighted by Crippen LogP contribution is 2.36. The normalized spacial score (nSPS) is 10.9. The van der Waals surface area contributed by atoms with Crippen LogP contribution in [0.3, 0.4) is 0 Å². The van der Waals surface area contributed by atoms with Crippen molar-refractivity contribution >= 4 is 38.1 Å². The summed E-state index contributed by atoms with van der Waals surface area (Å²) in [5.74, 6) is 2.19. The fourth-order valence-electron chi connectivity index (χ4n) is 3.08. The minimum atomic E-state index is -3.60. The second kappa shape index (κ2) is 10.5. The lowest BCUT2D eigenvalue weighted by Crippen LogP contribution is -2.19. The number of nitrogens with zero attached hydrogens (tertiary/aromatic N) is 3. The van der Waals surface area contributed by atoms with Gasteiger partial charge in [-0.25, -0.2) is 23.1 Å². The molecule has 0 aliphatic rings. The molecule has 0 amide bonds. The molecule has 0 saturated carbocycles. The van der Waals surface area contributed by atoms with Gasteiger partial charge < -0.3 is 19.7 Å².